The van der Waals surface area contributed by atoms with E-state index >= 15 is 0 Å². The number of urea groups is 1. The van der Waals surface area contributed by atoms with E-state index in [1.54, 1.807) is 0 Å². The van der Waals surface area contributed by atoms with Crippen LogP contribution in [0, 0.1) is 0 Å². The molecule has 9 heteroatoms. The first kappa shape index (κ1) is 14.7. The van der Waals surface area contributed by atoms with Gasteiger partial charge in [0.1, 0.15) is 0 Å². The number of imide groups is 1. The summed E-state index contributed by atoms with van der Waals surface area (Å²) >= 11 is 0. The zero-order valence-electron chi connectivity index (χ0n) is 11.8. The molecule has 3 aliphatic heterocycles. The minimum Gasteiger partial charge on any atom is -0.329 e. The van der Waals surface area contributed by atoms with E-state index < -0.39 is 10.2 Å². The summed E-state index contributed by atoms with van der Waals surface area (Å²) in [7, 11) is -3.37. The summed E-state index contributed by atoms with van der Waals surface area (Å²) in [5.41, 5.74) is 0. The van der Waals surface area contributed by atoms with E-state index in [-0.39, 0.29) is 24.5 Å². The van der Waals surface area contributed by atoms with Crippen LogP contribution in [-0.2, 0) is 15.0 Å². The second-order valence-corrected chi connectivity index (χ2v) is 7.60. The third kappa shape index (κ3) is 2.65. The van der Waals surface area contributed by atoms with Gasteiger partial charge < -0.3 is 5.32 Å². The lowest BCUT2D eigenvalue weighted by atomic mass is 10.1. The summed E-state index contributed by atoms with van der Waals surface area (Å²) in [6.45, 7) is 1.96. The predicted octanol–water partition coefficient (Wildman–Crippen LogP) is -0.657. The average molecular weight is 316 g/mol. The van der Waals surface area contributed by atoms with Crippen molar-refractivity contribution in [2.24, 2.45) is 0 Å². The van der Waals surface area contributed by atoms with Crippen molar-refractivity contribution < 1.29 is 18.0 Å². The molecule has 0 saturated carbocycles. The molecule has 0 bridgehead atoms. The molecule has 3 rings (SSSR count). The lowest BCUT2D eigenvalue weighted by Gasteiger charge is -2.36. The molecule has 3 heterocycles. The van der Waals surface area contributed by atoms with Gasteiger partial charge in [-0.3, -0.25) is 9.69 Å². The van der Waals surface area contributed by atoms with Gasteiger partial charge in [0.25, 0.3) is 10.2 Å². The lowest BCUT2D eigenvalue weighted by Crippen LogP contribution is -2.51. The number of piperidine rings is 1. The Morgan fingerprint density at radius 2 is 1.52 bits per heavy atom. The smallest absolute Gasteiger partial charge is 0.324 e. The first-order chi connectivity index (χ1) is 10.00. The summed E-state index contributed by atoms with van der Waals surface area (Å²) in [6, 6.07) is -0.550. The third-order valence-electron chi connectivity index (χ3n) is 4.38. The maximum atomic E-state index is 12.4. The van der Waals surface area contributed by atoms with Crippen LogP contribution in [0.1, 0.15) is 25.7 Å². The Balaban J connectivity index is 1.62. The van der Waals surface area contributed by atoms with Crippen LogP contribution in [0.15, 0.2) is 0 Å². The van der Waals surface area contributed by atoms with Gasteiger partial charge in [0.2, 0.25) is 5.91 Å². The maximum Gasteiger partial charge on any atom is 0.324 e. The number of nitrogens with one attached hydrogen (secondary N) is 1. The number of hydrogen-bond acceptors (Lipinski definition) is 4. The van der Waals surface area contributed by atoms with Gasteiger partial charge in [-0.1, -0.05) is 0 Å². The predicted molar refractivity (Wildman–Crippen MR) is 74.6 cm³/mol. The van der Waals surface area contributed by atoms with Crippen molar-refractivity contribution in [3.63, 3.8) is 0 Å². The minimum absolute atomic E-state index is 0.0468. The molecular weight excluding hydrogens is 296 g/mol. The molecule has 118 valence electrons. The summed E-state index contributed by atoms with van der Waals surface area (Å²) < 4.78 is 27.9. The van der Waals surface area contributed by atoms with Crippen molar-refractivity contribution in [3.05, 3.63) is 0 Å². The number of hydrogen-bond donors (Lipinski definition) is 1. The maximum absolute atomic E-state index is 12.4. The molecule has 3 saturated heterocycles. The molecule has 0 aromatic heterocycles. The zero-order valence-corrected chi connectivity index (χ0v) is 12.6. The molecule has 0 radical (unpaired) electrons. The van der Waals surface area contributed by atoms with E-state index in [0.717, 1.165) is 12.8 Å². The topological polar surface area (TPSA) is 90.0 Å². The van der Waals surface area contributed by atoms with Gasteiger partial charge in [-0.05, 0) is 25.7 Å². The first-order valence-electron chi connectivity index (χ1n) is 7.35. The minimum atomic E-state index is -3.37. The number of carbonyl (C=O) groups is 2. The fourth-order valence-electron chi connectivity index (χ4n) is 3.22. The monoisotopic (exact) mass is 316 g/mol. The van der Waals surface area contributed by atoms with E-state index in [1.807, 2.05) is 0 Å². The highest BCUT2D eigenvalue weighted by atomic mass is 32.2. The molecule has 8 nitrogen and oxygen atoms in total. The summed E-state index contributed by atoms with van der Waals surface area (Å²) in [5.74, 6) is -0.221. The largest absolute Gasteiger partial charge is 0.329 e. The number of carbonyl (C=O) groups excluding carboxylic acids is 2. The van der Waals surface area contributed by atoms with E-state index in [1.165, 1.54) is 13.5 Å². The zero-order chi connectivity index (χ0) is 15.0. The van der Waals surface area contributed by atoms with Gasteiger partial charge in [-0.15, -0.1) is 0 Å². The molecule has 0 atom stereocenters. The van der Waals surface area contributed by atoms with Crippen LogP contribution in [0.5, 0.6) is 0 Å². The molecule has 0 aromatic rings. The summed E-state index contributed by atoms with van der Waals surface area (Å²) in [5, 5.41) is 2.50. The van der Waals surface area contributed by atoms with Crippen molar-refractivity contribution in [2.75, 3.05) is 32.7 Å². The average Bonchev–Trinajstić information content (AvgIpc) is 3.10. The SMILES string of the molecule is O=C1CNC(=O)N1C1CCN(S(=O)(=O)N2CCCC2)CC1. The fraction of sp³-hybridized carbons (Fsp3) is 0.833. The van der Waals surface area contributed by atoms with E-state index in [4.69, 9.17) is 0 Å². The molecular formula is C12H20N4O4S. The van der Waals surface area contributed by atoms with Crippen molar-refractivity contribution in [1.82, 2.24) is 18.8 Å². The Bertz CT molecular complexity index is 519. The Kier molecular flexibility index (Phi) is 3.89. The Labute approximate surface area is 124 Å². The fourth-order valence-corrected chi connectivity index (χ4v) is 4.94. The van der Waals surface area contributed by atoms with Gasteiger partial charge in [0.15, 0.2) is 0 Å². The van der Waals surface area contributed by atoms with Gasteiger partial charge in [0, 0.05) is 32.2 Å². The normalized spacial score (nSPS) is 26.6. The number of amides is 3. The molecule has 0 aliphatic carbocycles. The van der Waals surface area contributed by atoms with Crippen LogP contribution in [0.4, 0.5) is 4.79 Å². The molecule has 3 aliphatic rings. The lowest BCUT2D eigenvalue weighted by molar-refractivity contribution is -0.127. The molecule has 0 spiro atoms. The third-order valence-corrected chi connectivity index (χ3v) is 6.42. The Morgan fingerprint density at radius 1 is 0.952 bits per heavy atom. The molecule has 0 unspecified atom stereocenters. The van der Waals surface area contributed by atoms with E-state index in [0.29, 0.717) is 39.0 Å². The van der Waals surface area contributed by atoms with Crippen LogP contribution in [-0.4, -0.2) is 72.6 Å². The van der Waals surface area contributed by atoms with Crippen molar-refractivity contribution in [2.45, 2.75) is 31.7 Å². The van der Waals surface area contributed by atoms with Gasteiger partial charge in [-0.25, -0.2) is 4.79 Å². The van der Waals surface area contributed by atoms with Crippen molar-refractivity contribution in [1.29, 1.82) is 0 Å². The van der Waals surface area contributed by atoms with E-state index in [9.17, 15) is 18.0 Å². The second-order valence-electron chi connectivity index (χ2n) is 5.67. The summed E-state index contributed by atoms with van der Waals surface area (Å²) in [4.78, 5) is 24.5. The molecule has 0 aromatic carbocycles. The summed E-state index contributed by atoms with van der Waals surface area (Å²) in [6.07, 6.45) is 2.84. The van der Waals surface area contributed by atoms with Crippen LogP contribution in [0.2, 0.25) is 0 Å². The standard InChI is InChI=1S/C12H20N4O4S/c17-11-9-13-12(18)16(11)10-3-7-15(8-4-10)21(19,20)14-5-1-2-6-14/h10H,1-9H2,(H,13,18). The van der Waals surface area contributed by atoms with Crippen LogP contribution in [0.3, 0.4) is 0 Å². The van der Waals surface area contributed by atoms with Gasteiger partial charge >= 0.3 is 6.03 Å². The number of nitrogens with zero attached hydrogens (tertiary/aromatic N) is 3. The van der Waals surface area contributed by atoms with Crippen molar-refractivity contribution in [3.8, 4) is 0 Å². The highest BCUT2D eigenvalue weighted by molar-refractivity contribution is 7.86. The Morgan fingerprint density at radius 3 is 2.05 bits per heavy atom. The highest BCUT2D eigenvalue weighted by Gasteiger charge is 2.40. The number of rotatable bonds is 3. The molecule has 3 amide bonds. The van der Waals surface area contributed by atoms with Gasteiger partial charge in [0.05, 0.1) is 6.54 Å². The molecule has 21 heavy (non-hydrogen) atoms. The highest BCUT2D eigenvalue weighted by Crippen LogP contribution is 2.24. The Hall–Kier alpha value is -1.19. The molecule has 1 N–H and O–H groups in total. The molecule has 3 fully saturated rings. The van der Waals surface area contributed by atoms with Crippen LogP contribution < -0.4 is 5.32 Å². The second kappa shape index (κ2) is 5.54. The van der Waals surface area contributed by atoms with Crippen LogP contribution >= 0.6 is 0 Å². The quantitative estimate of drug-likeness (QED) is 0.700. The van der Waals surface area contributed by atoms with Crippen molar-refractivity contribution >= 4 is 22.1 Å². The van der Waals surface area contributed by atoms with E-state index in [2.05, 4.69) is 5.32 Å². The van der Waals surface area contributed by atoms with Crippen LogP contribution in [0.25, 0.3) is 0 Å². The first-order valence-corrected chi connectivity index (χ1v) is 8.75. The van der Waals surface area contributed by atoms with Gasteiger partial charge in [-0.2, -0.15) is 17.0 Å².